The van der Waals surface area contributed by atoms with Gasteiger partial charge in [-0.1, -0.05) is 61.5 Å². The third kappa shape index (κ3) is 8.39. The Kier molecular flexibility index (Phi) is 11.4. The molecule has 2 saturated carbocycles. The molecule has 5 nitrogen and oxygen atoms in total. The Balaban J connectivity index is 1.42. The lowest BCUT2D eigenvalue weighted by molar-refractivity contribution is 0.203. The van der Waals surface area contributed by atoms with E-state index in [-0.39, 0.29) is 6.61 Å². The lowest BCUT2D eigenvalue weighted by Crippen LogP contribution is -2.34. The van der Waals surface area contributed by atoms with Gasteiger partial charge in [-0.2, -0.15) is 4.28 Å². The van der Waals surface area contributed by atoms with Crippen LogP contribution < -0.4 is 5.48 Å². The van der Waals surface area contributed by atoms with Crippen molar-refractivity contribution in [2.45, 2.75) is 89.6 Å². The molecule has 1 aliphatic heterocycles. The Morgan fingerprint density at radius 1 is 1.00 bits per heavy atom. The minimum absolute atomic E-state index is 0.178. The Labute approximate surface area is 258 Å². The molecule has 226 valence electrons. The minimum Gasteiger partial charge on any atom is -0.396 e. The summed E-state index contributed by atoms with van der Waals surface area (Å²) in [5.41, 5.74) is 11.7. The van der Waals surface area contributed by atoms with Crippen molar-refractivity contribution in [2.75, 3.05) is 32.2 Å². The molecule has 0 radical (unpaired) electrons. The van der Waals surface area contributed by atoms with Gasteiger partial charge in [-0.15, -0.1) is 0 Å². The summed E-state index contributed by atoms with van der Waals surface area (Å²) in [5, 5.41) is 9.82. The smallest absolute Gasteiger partial charge is 0.112 e. The van der Waals surface area contributed by atoms with Crippen molar-refractivity contribution in [1.29, 1.82) is 0 Å². The summed E-state index contributed by atoms with van der Waals surface area (Å²) in [4.78, 5) is 2.70. The topological polar surface area (TPSA) is 48.0 Å². The highest BCUT2D eigenvalue weighted by Gasteiger charge is 2.32. The van der Waals surface area contributed by atoms with Crippen molar-refractivity contribution < 1.29 is 9.39 Å². The van der Waals surface area contributed by atoms with Crippen LogP contribution in [0.25, 0.3) is 5.57 Å². The summed E-state index contributed by atoms with van der Waals surface area (Å²) in [6, 6.07) is 19.5. The van der Waals surface area contributed by atoms with Gasteiger partial charge in [0, 0.05) is 18.7 Å². The first-order chi connectivity index (χ1) is 20.6. The van der Waals surface area contributed by atoms with Crippen LogP contribution in [0.1, 0.15) is 94.2 Å². The van der Waals surface area contributed by atoms with Crippen molar-refractivity contribution in [3.8, 4) is 0 Å². The highest BCUT2D eigenvalue weighted by atomic mass is 32.2. The Hall–Kier alpha value is -2.35. The lowest BCUT2D eigenvalue weighted by atomic mass is 9.84. The van der Waals surface area contributed by atoms with Gasteiger partial charge < -0.3 is 10.0 Å². The van der Waals surface area contributed by atoms with Gasteiger partial charge in [0.15, 0.2) is 0 Å². The molecule has 5 rings (SSSR count). The molecule has 2 N–H and O–H groups in total. The van der Waals surface area contributed by atoms with Crippen molar-refractivity contribution in [1.82, 2.24) is 9.21 Å². The highest BCUT2D eigenvalue weighted by molar-refractivity contribution is 7.92. The normalized spacial score (nSPS) is 19.5. The van der Waals surface area contributed by atoms with Crippen LogP contribution in [0.5, 0.6) is 0 Å². The fourth-order valence-electron chi connectivity index (χ4n) is 6.16. The van der Waals surface area contributed by atoms with Gasteiger partial charge in [0.2, 0.25) is 0 Å². The van der Waals surface area contributed by atoms with Gasteiger partial charge in [-0.25, -0.2) is 4.31 Å². The van der Waals surface area contributed by atoms with Crippen LogP contribution in [0.2, 0.25) is 0 Å². The molecule has 2 aliphatic carbocycles. The summed E-state index contributed by atoms with van der Waals surface area (Å²) >= 11 is 1.37. The molecule has 0 amide bonds. The Bertz CT molecular complexity index is 1220. The standard InChI is InChI=1S/C36H49N3O2S/c1-4-7-29(8-5-2)35(9-6-26-40)36(31-14-16-32(17-15-31)37-41-42-38(3)33-18-19-33)30-12-10-27(11-13-30)28-22-24-39(25-23-28)34-20-21-34/h4,7-8,10-17,28,33-34,37,40H,5-6,9,18-26H2,1-3H3/b7-4-,29-8+,36-35+. The largest absolute Gasteiger partial charge is 0.396 e. The average Bonchev–Trinajstić information content (AvgIpc) is 3.94. The predicted molar refractivity (Wildman–Crippen MR) is 178 cm³/mol. The summed E-state index contributed by atoms with van der Waals surface area (Å²) in [7, 11) is 2.08. The molecule has 0 aromatic heterocycles. The predicted octanol–water partition coefficient (Wildman–Crippen LogP) is 8.52. The highest BCUT2D eigenvalue weighted by Crippen LogP contribution is 2.38. The fourth-order valence-corrected chi connectivity index (χ4v) is 6.75. The molecule has 6 heteroatoms. The summed E-state index contributed by atoms with van der Waals surface area (Å²) in [5.74, 6) is 0.649. The van der Waals surface area contributed by atoms with Crippen LogP contribution in [0.3, 0.4) is 0 Å². The number of piperidine rings is 1. The lowest BCUT2D eigenvalue weighted by Gasteiger charge is -2.32. The van der Waals surface area contributed by atoms with Crippen LogP contribution in [0.15, 0.2) is 77.9 Å². The molecule has 0 unspecified atom stereocenters. The number of likely N-dealkylation sites (tertiary alicyclic amines) is 1. The molecule has 0 bridgehead atoms. The summed E-state index contributed by atoms with van der Waals surface area (Å²) in [6.45, 7) is 6.92. The van der Waals surface area contributed by atoms with E-state index in [0.717, 1.165) is 31.0 Å². The maximum Gasteiger partial charge on any atom is 0.112 e. The molecule has 1 saturated heterocycles. The molecule has 42 heavy (non-hydrogen) atoms. The summed E-state index contributed by atoms with van der Waals surface area (Å²) < 4.78 is 7.86. The second kappa shape index (κ2) is 15.4. The third-order valence-corrected chi connectivity index (χ3v) is 9.51. The SMILES string of the molecule is C\C=C/C(=C\CC)C(/CCCO)=C(/c1ccc(NOSN(C)C2CC2)cc1)c1ccc(C2CCN(C3CC3)CC2)cc1. The van der Waals surface area contributed by atoms with Gasteiger partial charge in [-0.05, 0) is 136 Å². The molecule has 0 spiro atoms. The number of allylic oxidation sites excluding steroid dienone is 5. The Morgan fingerprint density at radius 2 is 1.67 bits per heavy atom. The number of nitrogens with one attached hydrogen (secondary N) is 1. The van der Waals surface area contributed by atoms with E-state index in [0.29, 0.717) is 12.0 Å². The number of aliphatic hydroxyl groups excluding tert-OH is 1. The van der Waals surface area contributed by atoms with Crippen LogP contribution in [0, 0.1) is 0 Å². The van der Waals surface area contributed by atoms with Gasteiger partial charge in [0.1, 0.15) is 12.2 Å². The van der Waals surface area contributed by atoms with Crippen LogP contribution >= 0.6 is 12.2 Å². The van der Waals surface area contributed by atoms with Crippen LogP contribution in [-0.2, 0) is 4.28 Å². The minimum atomic E-state index is 0.178. The quantitative estimate of drug-likeness (QED) is 0.0943. The van der Waals surface area contributed by atoms with Gasteiger partial charge in [-0.3, -0.25) is 5.48 Å². The van der Waals surface area contributed by atoms with Crippen molar-refractivity contribution in [3.63, 3.8) is 0 Å². The monoisotopic (exact) mass is 587 g/mol. The third-order valence-electron chi connectivity index (χ3n) is 8.82. The zero-order valence-corrected chi connectivity index (χ0v) is 26.5. The molecular weight excluding hydrogens is 538 g/mol. The zero-order chi connectivity index (χ0) is 29.3. The van der Waals surface area contributed by atoms with E-state index in [1.165, 1.54) is 97.3 Å². The number of rotatable bonds is 15. The number of hydrogen-bond acceptors (Lipinski definition) is 6. The number of hydrogen-bond donors (Lipinski definition) is 2. The maximum absolute atomic E-state index is 9.82. The van der Waals surface area contributed by atoms with E-state index in [2.05, 4.69) is 102 Å². The van der Waals surface area contributed by atoms with Crippen LogP contribution in [0.4, 0.5) is 5.69 Å². The van der Waals surface area contributed by atoms with E-state index in [1.54, 1.807) is 0 Å². The van der Waals surface area contributed by atoms with E-state index in [9.17, 15) is 5.11 Å². The number of anilines is 1. The molecular formula is C36H49N3O2S. The van der Waals surface area contributed by atoms with Crippen molar-refractivity contribution in [2.24, 2.45) is 0 Å². The number of nitrogens with zero attached hydrogens (tertiary/aromatic N) is 2. The van der Waals surface area contributed by atoms with Gasteiger partial charge in [0.05, 0.1) is 5.69 Å². The first-order valence-electron chi connectivity index (χ1n) is 16.1. The van der Waals surface area contributed by atoms with E-state index in [4.69, 9.17) is 4.28 Å². The number of aliphatic hydroxyl groups is 1. The first kappa shape index (κ1) is 31.1. The maximum atomic E-state index is 9.82. The summed E-state index contributed by atoms with van der Waals surface area (Å²) in [6.07, 6.45) is 17.0. The van der Waals surface area contributed by atoms with Crippen molar-refractivity contribution >= 4 is 23.5 Å². The van der Waals surface area contributed by atoms with E-state index >= 15 is 0 Å². The molecule has 2 aromatic rings. The van der Waals surface area contributed by atoms with Crippen LogP contribution in [-0.4, -0.2) is 53.1 Å². The molecule has 2 aromatic carbocycles. The molecule has 3 aliphatic rings. The molecule has 0 atom stereocenters. The molecule has 3 fully saturated rings. The zero-order valence-electron chi connectivity index (χ0n) is 25.7. The first-order valence-corrected chi connectivity index (χ1v) is 16.8. The van der Waals surface area contributed by atoms with E-state index < -0.39 is 0 Å². The Morgan fingerprint density at radius 3 is 2.24 bits per heavy atom. The van der Waals surface area contributed by atoms with E-state index in [1.807, 2.05) is 0 Å². The van der Waals surface area contributed by atoms with Crippen molar-refractivity contribution in [3.05, 3.63) is 94.6 Å². The average molecular weight is 588 g/mol. The second-order valence-corrected chi connectivity index (χ2v) is 12.9. The molecule has 1 heterocycles. The fraction of sp³-hybridized carbons (Fsp3) is 0.500. The number of benzene rings is 2. The second-order valence-electron chi connectivity index (χ2n) is 12.0. The van der Waals surface area contributed by atoms with Gasteiger partial charge >= 0.3 is 0 Å². The van der Waals surface area contributed by atoms with Gasteiger partial charge in [0.25, 0.3) is 0 Å².